The number of hydrogen-bond acceptors (Lipinski definition) is 6. The van der Waals surface area contributed by atoms with Gasteiger partial charge in [-0.3, -0.25) is 4.90 Å². The first-order valence-electron chi connectivity index (χ1n) is 10.8. The molecule has 0 bridgehead atoms. The van der Waals surface area contributed by atoms with Crippen molar-refractivity contribution in [3.05, 3.63) is 65.2 Å². The van der Waals surface area contributed by atoms with Crippen molar-refractivity contribution in [2.75, 3.05) is 13.1 Å². The summed E-state index contributed by atoms with van der Waals surface area (Å²) in [5.74, 6) is 0. The molecule has 0 spiro atoms. The standard InChI is InChI=1S/C23H30ClFN4O4S/c1-16-9-5-8-12-20(16)34(31,32)27-26-13-17-10-6-7-11-18(17)19-14-29(25)21(24)15-28(19)22(30)33-23(2,3)4/h5-12,19,21,26-27H,13-15H2,1-4H3. The Morgan fingerprint density at radius 1 is 1.15 bits per heavy atom. The number of hydrogen-bond donors (Lipinski definition) is 2. The average Bonchev–Trinajstić information content (AvgIpc) is 2.74. The molecular weight excluding hydrogens is 483 g/mol. The van der Waals surface area contributed by atoms with Crippen molar-refractivity contribution in [2.24, 2.45) is 0 Å². The third kappa shape index (κ3) is 6.45. The third-order valence-electron chi connectivity index (χ3n) is 5.29. The van der Waals surface area contributed by atoms with Crippen LogP contribution in [0.3, 0.4) is 0 Å². The van der Waals surface area contributed by atoms with Crippen molar-refractivity contribution in [2.45, 2.75) is 56.3 Å². The van der Waals surface area contributed by atoms with Crippen LogP contribution in [0.4, 0.5) is 9.28 Å². The Kier molecular flexibility index (Phi) is 8.20. The largest absolute Gasteiger partial charge is 0.444 e. The molecule has 0 saturated carbocycles. The van der Waals surface area contributed by atoms with E-state index in [0.717, 1.165) is 0 Å². The molecule has 0 radical (unpaired) electrons. The summed E-state index contributed by atoms with van der Waals surface area (Å²) < 4.78 is 45.3. The van der Waals surface area contributed by atoms with E-state index in [2.05, 4.69) is 10.3 Å². The van der Waals surface area contributed by atoms with Gasteiger partial charge in [-0.1, -0.05) is 42.5 Å². The van der Waals surface area contributed by atoms with E-state index in [9.17, 15) is 17.7 Å². The fourth-order valence-electron chi connectivity index (χ4n) is 3.70. The predicted octanol–water partition coefficient (Wildman–Crippen LogP) is 4.02. The number of carbonyl (C=O) groups excluding carboxylic acids is 1. The molecule has 2 unspecified atom stereocenters. The first-order chi connectivity index (χ1) is 15.9. The fourth-order valence-corrected chi connectivity index (χ4v) is 5.05. The molecule has 34 heavy (non-hydrogen) atoms. The van der Waals surface area contributed by atoms with Crippen molar-refractivity contribution >= 4 is 27.7 Å². The molecule has 8 nitrogen and oxygen atoms in total. The van der Waals surface area contributed by atoms with Crippen molar-refractivity contribution in [3.8, 4) is 0 Å². The van der Waals surface area contributed by atoms with Gasteiger partial charge in [0.2, 0.25) is 0 Å². The monoisotopic (exact) mass is 512 g/mol. The van der Waals surface area contributed by atoms with Crippen LogP contribution < -0.4 is 10.3 Å². The van der Waals surface area contributed by atoms with Crippen LogP contribution in [-0.2, 0) is 21.3 Å². The molecule has 1 amide bonds. The number of hydrazine groups is 1. The van der Waals surface area contributed by atoms with Crippen LogP contribution in [0.25, 0.3) is 0 Å². The Morgan fingerprint density at radius 2 is 1.79 bits per heavy atom. The van der Waals surface area contributed by atoms with E-state index in [-0.39, 0.29) is 24.5 Å². The zero-order valence-corrected chi connectivity index (χ0v) is 21.2. The molecule has 3 rings (SSSR count). The van der Waals surface area contributed by atoms with Crippen LogP contribution in [-0.4, -0.2) is 48.7 Å². The molecule has 2 N–H and O–H groups in total. The maximum atomic E-state index is 14.5. The van der Waals surface area contributed by atoms with Crippen LogP contribution in [0, 0.1) is 6.92 Å². The van der Waals surface area contributed by atoms with Gasteiger partial charge in [-0.15, -0.1) is 26.0 Å². The number of aryl methyl sites for hydroxylation is 1. The van der Waals surface area contributed by atoms with Crippen LogP contribution >= 0.6 is 11.6 Å². The maximum absolute atomic E-state index is 14.5. The second-order valence-electron chi connectivity index (χ2n) is 9.09. The van der Waals surface area contributed by atoms with E-state index < -0.39 is 33.3 Å². The van der Waals surface area contributed by atoms with Crippen LogP contribution in [0.2, 0.25) is 0 Å². The van der Waals surface area contributed by atoms with E-state index in [1.807, 2.05) is 0 Å². The molecule has 11 heteroatoms. The van der Waals surface area contributed by atoms with Gasteiger partial charge in [0, 0.05) is 6.54 Å². The first-order valence-corrected chi connectivity index (χ1v) is 12.8. The second-order valence-corrected chi connectivity index (χ2v) is 11.2. The van der Waals surface area contributed by atoms with Gasteiger partial charge in [0.1, 0.15) is 11.1 Å². The van der Waals surface area contributed by atoms with E-state index in [1.54, 1.807) is 70.2 Å². The van der Waals surface area contributed by atoms with E-state index in [1.165, 1.54) is 11.0 Å². The summed E-state index contributed by atoms with van der Waals surface area (Å²) in [6.45, 7) is 6.85. The van der Waals surface area contributed by atoms with Gasteiger partial charge in [0.25, 0.3) is 10.0 Å². The molecule has 2 aromatic rings. The van der Waals surface area contributed by atoms with Gasteiger partial charge in [-0.05, 0) is 50.5 Å². The highest BCUT2D eigenvalue weighted by Gasteiger charge is 2.39. The molecule has 1 saturated heterocycles. The average molecular weight is 513 g/mol. The van der Waals surface area contributed by atoms with Crippen molar-refractivity contribution in [3.63, 3.8) is 0 Å². The van der Waals surface area contributed by atoms with Crippen LogP contribution in [0.5, 0.6) is 0 Å². The smallest absolute Gasteiger partial charge is 0.410 e. The number of sulfonamides is 1. The molecule has 1 heterocycles. The Bertz CT molecular complexity index is 1130. The van der Waals surface area contributed by atoms with Crippen molar-refractivity contribution in [1.82, 2.24) is 20.3 Å². The van der Waals surface area contributed by atoms with Gasteiger partial charge in [0.15, 0.2) is 0 Å². The molecule has 0 aromatic heterocycles. The number of rotatable bonds is 6. The number of nitrogens with one attached hydrogen (secondary N) is 2. The number of halogens is 2. The van der Waals surface area contributed by atoms with E-state index in [4.69, 9.17) is 16.3 Å². The highest BCUT2D eigenvalue weighted by atomic mass is 35.5. The fraction of sp³-hybridized carbons (Fsp3) is 0.435. The second kappa shape index (κ2) is 10.6. The number of benzene rings is 2. The quantitative estimate of drug-likeness (QED) is 0.263. The Hall–Kier alpha value is -2.24. The first kappa shape index (κ1) is 26.4. The SMILES string of the molecule is Cc1ccccc1S(=O)(=O)NNCc1ccccc1C1CN(F)C(Cl)CN1C(=O)OC(C)(C)C. The molecular formula is C23H30ClFN4O4S. The molecule has 2 aromatic carbocycles. The van der Waals surface area contributed by atoms with Crippen LogP contribution in [0.15, 0.2) is 53.4 Å². The normalized spacial score (nSPS) is 19.8. The van der Waals surface area contributed by atoms with Crippen molar-refractivity contribution < 1.29 is 22.4 Å². The summed E-state index contributed by atoms with van der Waals surface area (Å²) in [6.07, 6.45) is -0.598. The summed E-state index contributed by atoms with van der Waals surface area (Å²) in [4.78, 5) is 16.9. The van der Waals surface area contributed by atoms with Gasteiger partial charge in [-0.2, -0.15) is 0 Å². The molecule has 1 aliphatic rings. The summed E-state index contributed by atoms with van der Waals surface area (Å²) >= 11 is 6.09. The molecule has 2 atom stereocenters. The minimum atomic E-state index is -3.79. The lowest BCUT2D eigenvalue weighted by Gasteiger charge is -2.41. The summed E-state index contributed by atoms with van der Waals surface area (Å²) in [5.41, 5.74) is 2.97. The number of carbonyl (C=O) groups is 1. The molecule has 0 aliphatic carbocycles. The molecule has 1 fully saturated rings. The zero-order valence-electron chi connectivity index (χ0n) is 19.6. The van der Waals surface area contributed by atoms with E-state index in [0.29, 0.717) is 21.8 Å². The summed E-state index contributed by atoms with van der Waals surface area (Å²) in [6, 6.07) is 13.1. The number of amides is 1. The van der Waals surface area contributed by atoms with Gasteiger partial charge in [0.05, 0.1) is 24.0 Å². The lowest BCUT2D eigenvalue weighted by Crippen LogP contribution is -2.53. The maximum Gasteiger partial charge on any atom is 0.410 e. The van der Waals surface area contributed by atoms with E-state index >= 15 is 0 Å². The zero-order chi connectivity index (χ0) is 25.1. The minimum Gasteiger partial charge on any atom is -0.444 e. The van der Waals surface area contributed by atoms with Crippen molar-refractivity contribution in [1.29, 1.82) is 0 Å². The minimum absolute atomic E-state index is 0.0701. The van der Waals surface area contributed by atoms with Gasteiger partial charge >= 0.3 is 6.09 Å². The topological polar surface area (TPSA) is 91.0 Å². The number of ether oxygens (including phenoxy) is 1. The lowest BCUT2D eigenvalue weighted by atomic mass is 9.97. The van der Waals surface area contributed by atoms with Gasteiger partial charge in [-0.25, -0.2) is 18.6 Å². The van der Waals surface area contributed by atoms with Crippen LogP contribution in [0.1, 0.15) is 43.5 Å². The Morgan fingerprint density at radius 3 is 2.47 bits per heavy atom. The number of piperazine rings is 1. The highest BCUT2D eigenvalue weighted by molar-refractivity contribution is 7.89. The molecule has 1 aliphatic heterocycles. The molecule has 186 valence electrons. The highest BCUT2D eigenvalue weighted by Crippen LogP contribution is 2.33. The number of alkyl halides is 1. The summed E-state index contributed by atoms with van der Waals surface area (Å²) in [5, 5.41) is 0.484. The lowest BCUT2D eigenvalue weighted by molar-refractivity contribution is -0.0706. The predicted molar refractivity (Wildman–Crippen MR) is 128 cm³/mol. The number of nitrogens with zero attached hydrogens (tertiary/aromatic N) is 2. The Labute approximate surface area is 205 Å². The van der Waals surface area contributed by atoms with Gasteiger partial charge < -0.3 is 4.74 Å². The third-order valence-corrected chi connectivity index (χ3v) is 7.09. The Balaban J connectivity index is 1.81. The summed E-state index contributed by atoms with van der Waals surface area (Å²) in [7, 11) is -3.79.